The number of aryl methyl sites for hydroxylation is 2. The van der Waals surface area contributed by atoms with Crippen molar-refractivity contribution in [1.82, 2.24) is 9.72 Å². The number of amidine groups is 1. The molecule has 0 bridgehead atoms. The van der Waals surface area contributed by atoms with Gasteiger partial charge in [-0.25, -0.2) is 0 Å². The Hall–Kier alpha value is -4.51. The predicted octanol–water partition coefficient (Wildman–Crippen LogP) is 4.30. The van der Waals surface area contributed by atoms with E-state index in [1.165, 1.54) is 0 Å². The van der Waals surface area contributed by atoms with Crippen molar-refractivity contribution in [2.45, 2.75) is 13.8 Å². The molecule has 0 aliphatic carbocycles. The molecule has 4 aromatic rings. The molecule has 160 valence electrons. The van der Waals surface area contributed by atoms with Gasteiger partial charge in [-0.2, -0.15) is 5.26 Å². The molecule has 0 radical (unpaired) electrons. The molecule has 0 aliphatic heterocycles. The highest BCUT2D eigenvalue weighted by molar-refractivity contribution is 6.10. The zero-order valence-electron chi connectivity index (χ0n) is 17.8. The van der Waals surface area contributed by atoms with Gasteiger partial charge in [0.25, 0.3) is 0 Å². The van der Waals surface area contributed by atoms with Crippen molar-refractivity contribution in [3.63, 3.8) is 0 Å². The van der Waals surface area contributed by atoms with Gasteiger partial charge >= 0.3 is 0 Å². The molecule has 32 heavy (non-hydrogen) atoms. The summed E-state index contributed by atoms with van der Waals surface area (Å²) in [4.78, 5) is 0. The maximum atomic E-state index is 9.84. The molecule has 8 nitrogen and oxygen atoms in total. The van der Waals surface area contributed by atoms with Crippen LogP contribution >= 0.6 is 0 Å². The first-order valence-electron chi connectivity index (χ1n) is 9.81. The van der Waals surface area contributed by atoms with Crippen molar-refractivity contribution >= 4 is 5.84 Å². The number of aromatic nitrogens is 2. The summed E-state index contributed by atoms with van der Waals surface area (Å²) in [5.74, 6) is 0.661. The summed E-state index contributed by atoms with van der Waals surface area (Å²) in [5.41, 5.74) is 12.5. The Morgan fingerprint density at radius 2 is 1.66 bits per heavy atom. The average Bonchev–Trinajstić information content (AvgIpc) is 3.29. The third-order valence-corrected chi connectivity index (χ3v) is 5.47. The van der Waals surface area contributed by atoms with E-state index in [1.807, 2.05) is 30.7 Å². The normalized spacial score (nSPS) is 11.5. The minimum atomic E-state index is -0.0672. The third kappa shape index (κ3) is 3.26. The molecule has 0 unspecified atom stereocenters. The summed E-state index contributed by atoms with van der Waals surface area (Å²) in [6.07, 6.45) is 0. The molecular formula is C24H21N5O3. The van der Waals surface area contributed by atoms with E-state index >= 15 is 0 Å². The van der Waals surface area contributed by atoms with Crippen molar-refractivity contribution < 1.29 is 14.8 Å². The van der Waals surface area contributed by atoms with E-state index in [4.69, 9.17) is 10.3 Å². The van der Waals surface area contributed by atoms with E-state index in [1.54, 1.807) is 43.3 Å². The number of phenolic OH excluding ortho intramolecular Hbond substituents is 1. The van der Waals surface area contributed by atoms with Crippen LogP contribution in [0.2, 0.25) is 0 Å². The molecule has 2 aromatic heterocycles. The summed E-state index contributed by atoms with van der Waals surface area (Å²) in [7, 11) is 1.83. The second-order valence-electron chi connectivity index (χ2n) is 7.43. The molecular weight excluding hydrogens is 406 g/mol. The summed E-state index contributed by atoms with van der Waals surface area (Å²) in [5, 5.41) is 36.0. The van der Waals surface area contributed by atoms with Crippen LogP contribution in [0.3, 0.4) is 0 Å². The second kappa shape index (κ2) is 7.96. The molecule has 2 aromatic carbocycles. The molecule has 0 fully saturated rings. The number of oxime groups is 1. The fourth-order valence-corrected chi connectivity index (χ4v) is 4.06. The standard InChI is InChI=1S/C24H21N5O3/c1-13-19(14(2)32-28-13)21-20(16-8-10-18(30)11-9-16)22(29(3)23(21)24(26)27-31)17-6-4-15(12-25)5-7-17/h4-11,30-31H,1-3H3,(H2,26,27). The van der Waals surface area contributed by atoms with Gasteiger partial charge in [-0.3, -0.25) is 0 Å². The van der Waals surface area contributed by atoms with Gasteiger partial charge in [0.05, 0.1) is 34.3 Å². The highest BCUT2D eigenvalue weighted by Gasteiger charge is 2.30. The number of nitrogens with zero attached hydrogens (tertiary/aromatic N) is 4. The molecule has 0 saturated carbocycles. The number of nitriles is 1. The minimum Gasteiger partial charge on any atom is -0.508 e. The Kier molecular flexibility index (Phi) is 5.16. The number of benzene rings is 2. The van der Waals surface area contributed by atoms with Gasteiger partial charge in [-0.1, -0.05) is 34.6 Å². The lowest BCUT2D eigenvalue weighted by molar-refractivity contribution is 0.318. The van der Waals surface area contributed by atoms with Crippen LogP contribution in [0.25, 0.3) is 33.5 Å². The van der Waals surface area contributed by atoms with Gasteiger partial charge in [0.1, 0.15) is 11.5 Å². The van der Waals surface area contributed by atoms with E-state index in [2.05, 4.69) is 16.4 Å². The van der Waals surface area contributed by atoms with Gasteiger partial charge in [-0.15, -0.1) is 0 Å². The zero-order chi connectivity index (χ0) is 23.0. The monoisotopic (exact) mass is 427 g/mol. The summed E-state index contributed by atoms with van der Waals surface area (Å²) >= 11 is 0. The third-order valence-electron chi connectivity index (χ3n) is 5.47. The van der Waals surface area contributed by atoms with E-state index in [-0.39, 0.29) is 11.6 Å². The number of hydrogen-bond acceptors (Lipinski definition) is 6. The van der Waals surface area contributed by atoms with Crippen molar-refractivity contribution in [2.24, 2.45) is 17.9 Å². The van der Waals surface area contributed by atoms with Crippen LogP contribution in [0.15, 0.2) is 58.2 Å². The molecule has 0 saturated heterocycles. The van der Waals surface area contributed by atoms with E-state index in [9.17, 15) is 15.6 Å². The Morgan fingerprint density at radius 3 is 2.19 bits per heavy atom. The molecule has 8 heteroatoms. The van der Waals surface area contributed by atoms with E-state index < -0.39 is 0 Å². The maximum Gasteiger partial charge on any atom is 0.187 e. The van der Waals surface area contributed by atoms with Gasteiger partial charge in [-0.05, 0) is 49.2 Å². The highest BCUT2D eigenvalue weighted by Crippen LogP contribution is 2.46. The summed E-state index contributed by atoms with van der Waals surface area (Å²) in [6, 6.07) is 16.1. The van der Waals surface area contributed by atoms with Gasteiger partial charge in [0.2, 0.25) is 0 Å². The van der Waals surface area contributed by atoms with Crippen LogP contribution in [-0.4, -0.2) is 25.9 Å². The molecule has 0 amide bonds. The number of aromatic hydroxyl groups is 1. The van der Waals surface area contributed by atoms with Crippen molar-refractivity contribution in [2.75, 3.05) is 0 Å². The van der Waals surface area contributed by atoms with Crippen molar-refractivity contribution in [1.29, 1.82) is 5.26 Å². The number of phenols is 1. The summed E-state index contributed by atoms with van der Waals surface area (Å²) < 4.78 is 7.28. The first kappa shape index (κ1) is 20.8. The SMILES string of the molecule is Cc1noc(C)c1-c1c(-c2ccc(O)cc2)c(-c2ccc(C#N)cc2)n(C)c1C(N)=NO. The Labute approximate surface area is 184 Å². The first-order valence-corrected chi connectivity index (χ1v) is 9.81. The molecule has 4 N–H and O–H groups in total. The fraction of sp³-hybridized carbons (Fsp3) is 0.125. The topological polar surface area (TPSA) is 134 Å². The van der Waals surface area contributed by atoms with Crippen LogP contribution in [0, 0.1) is 25.2 Å². The number of rotatable bonds is 4. The maximum absolute atomic E-state index is 9.84. The van der Waals surface area contributed by atoms with Gasteiger partial charge in [0, 0.05) is 18.2 Å². The second-order valence-corrected chi connectivity index (χ2v) is 7.43. The fourth-order valence-electron chi connectivity index (χ4n) is 4.06. The highest BCUT2D eigenvalue weighted by atomic mass is 16.5. The molecule has 0 aliphatic rings. The van der Waals surface area contributed by atoms with Crippen LogP contribution in [0.4, 0.5) is 0 Å². The van der Waals surface area contributed by atoms with E-state index in [0.29, 0.717) is 28.3 Å². The van der Waals surface area contributed by atoms with Crippen molar-refractivity contribution in [3.8, 4) is 45.3 Å². The van der Waals surface area contributed by atoms with Crippen LogP contribution in [0.5, 0.6) is 5.75 Å². The van der Waals surface area contributed by atoms with Gasteiger partial charge < -0.3 is 25.1 Å². The lowest BCUT2D eigenvalue weighted by Crippen LogP contribution is -2.18. The van der Waals surface area contributed by atoms with Gasteiger partial charge in [0.15, 0.2) is 5.84 Å². The Balaban J connectivity index is 2.19. The molecule has 2 heterocycles. The molecule has 0 atom stereocenters. The molecule has 0 spiro atoms. The van der Waals surface area contributed by atoms with Crippen LogP contribution in [0.1, 0.15) is 22.7 Å². The Bertz CT molecular complexity index is 1350. The largest absolute Gasteiger partial charge is 0.508 e. The minimum absolute atomic E-state index is 0.0672. The summed E-state index contributed by atoms with van der Waals surface area (Å²) in [6.45, 7) is 3.64. The van der Waals surface area contributed by atoms with Crippen molar-refractivity contribution in [3.05, 3.63) is 71.2 Å². The zero-order valence-corrected chi connectivity index (χ0v) is 17.8. The quantitative estimate of drug-likeness (QED) is 0.192. The van der Waals surface area contributed by atoms with Crippen LogP contribution < -0.4 is 5.73 Å². The van der Waals surface area contributed by atoms with E-state index in [0.717, 1.165) is 27.9 Å². The first-order chi connectivity index (χ1) is 15.4. The van der Waals surface area contributed by atoms with Crippen LogP contribution in [-0.2, 0) is 7.05 Å². The number of nitrogens with two attached hydrogens (primary N) is 1. The molecule has 4 rings (SSSR count). The predicted molar refractivity (Wildman–Crippen MR) is 120 cm³/mol. The smallest absolute Gasteiger partial charge is 0.187 e. The average molecular weight is 427 g/mol. The number of hydrogen-bond donors (Lipinski definition) is 3. The Morgan fingerprint density at radius 1 is 1.03 bits per heavy atom. The lowest BCUT2D eigenvalue weighted by Gasteiger charge is -2.10. The lowest BCUT2D eigenvalue weighted by atomic mass is 9.91.